The summed E-state index contributed by atoms with van der Waals surface area (Å²) >= 11 is 0. The van der Waals surface area contributed by atoms with E-state index >= 15 is 0 Å². The van der Waals surface area contributed by atoms with Crippen LogP contribution in [0.2, 0.25) is 0 Å². The number of hydrogen-bond acceptors (Lipinski definition) is 6. The molecule has 0 spiro atoms. The molecule has 2 heterocycles. The number of imidazole rings is 1. The fourth-order valence-corrected chi connectivity index (χ4v) is 2.13. The van der Waals surface area contributed by atoms with Crippen LogP contribution in [-0.4, -0.2) is 33.7 Å². The van der Waals surface area contributed by atoms with Crippen LogP contribution in [0.15, 0.2) is 30.6 Å². The Morgan fingerprint density at radius 3 is 2.90 bits per heavy atom. The molecule has 0 bridgehead atoms. The van der Waals surface area contributed by atoms with Gasteiger partial charge in [-0.1, -0.05) is 0 Å². The molecule has 0 aliphatic heterocycles. The monoisotopic (exact) mass is 280 g/mol. The number of aromatic nitrogens is 4. The number of nitrogens with zero attached hydrogens (tertiary/aromatic N) is 5. The first-order valence-corrected chi connectivity index (χ1v) is 6.24. The van der Waals surface area contributed by atoms with Crippen LogP contribution in [0.5, 0.6) is 5.75 Å². The van der Waals surface area contributed by atoms with E-state index in [0.717, 1.165) is 5.56 Å². The van der Waals surface area contributed by atoms with Crippen LogP contribution in [-0.2, 0) is 0 Å². The first-order valence-electron chi connectivity index (χ1n) is 6.24. The lowest BCUT2D eigenvalue weighted by atomic mass is 10.1. The standard InChI is InChI=1S/C14H12N6O/c1-16-12-14-17-5-6-20(14)13(19-18-12)10-4-3-9(8-15)7-11(10)21-2/h3-7H,1-2H3,(H,16,18). The highest BCUT2D eigenvalue weighted by atomic mass is 16.5. The summed E-state index contributed by atoms with van der Waals surface area (Å²) in [7, 11) is 3.32. The molecule has 7 nitrogen and oxygen atoms in total. The number of nitrogens with one attached hydrogen (secondary N) is 1. The Labute approximate surface area is 120 Å². The summed E-state index contributed by atoms with van der Waals surface area (Å²) in [6, 6.07) is 7.27. The second kappa shape index (κ2) is 5.09. The predicted octanol–water partition coefficient (Wildman–Crippen LogP) is 1.71. The molecular formula is C14H12N6O. The van der Waals surface area contributed by atoms with E-state index in [4.69, 9.17) is 10.00 Å². The summed E-state index contributed by atoms with van der Waals surface area (Å²) in [6.07, 6.45) is 3.48. The highest BCUT2D eigenvalue weighted by Gasteiger charge is 2.15. The number of nitriles is 1. The van der Waals surface area contributed by atoms with Crippen LogP contribution in [0.25, 0.3) is 17.0 Å². The van der Waals surface area contributed by atoms with E-state index in [2.05, 4.69) is 26.6 Å². The molecule has 0 aliphatic carbocycles. The van der Waals surface area contributed by atoms with Crippen molar-refractivity contribution in [2.24, 2.45) is 0 Å². The molecule has 3 aromatic rings. The third kappa shape index (κ3) is 2.03. The topological polar surface area (TPSA) is 88.1 Å². The first kappa shape index (κ1) is 12.9. The maximum atomic E-state index is 8.97. The number of benzene rings is 1. The average Bonchev–Trinajstić information content (AvgIpc) is 3.03. The Kier molecular flexibility index (Phi) is 3.12. The molecule has 1 aromatic carbocycles. The molecule has 1 N–H and O–H groups in total. The molecule has 0 amide bonds. The molecular weight excluding hydrogens is 268 g/mol. The van der Waals surface area contributed by atoms with Crippen molar-refractivity contribution >= 4 is 11.5 Å². The maximum absolute atomic E-state index is 8.97. The smallest absolute Gasteiger partial charge is 0.192 e. The molecule has 104 valence electrons. The lowest BCUT2D eigenvalue weighted by Crippen LogP contribution is -2.04. The molecule has 0 atom stereocenters. The Morgan fingerprint density at radius 1 is 1.33 bits per heavy atom. The van der Waals surface area contributed by atoms with E-state index in [0.29, 0.717) is 28.6 Å². The van der Waals surface area contributed by atoms with E-state index in [1.807, 2.05) is 4.40 Å². The molecule has 2 aromatic heterocycles. The predicted molar refractivity (Wildman–Crippen MR) is 77.0 cm³/mol. The number of rotatable bonds is 3. The van der Waals surface area contributed by atoms with Crippen molar-refractivity contribution in [1.29, 1.82) is 5.26 Å². The van der Waals surface area contributed by atoms with Gasteiger partial charge in [0.25, 0.3) is 0 Å². The zero-order chi connectivity index (χ0) is 14.8. The second-order valence-corrected chi connectivity index (χ2v) is 4.27. The number of hydrogen-bond donors (Lipinski definition) is 1. The van der Waals surface area contributed by atoms with E-state index in [1.54, 1.807) is 44.8 Å². The molecule has 0 unspecified atom stereocenters. The fraction of sp³-hybridized carbons (Fsp3) is 0.143. The van der Waals surface area contributed by atoms with E-state index < -0.39 is 0 Å². The summed E-state index contributed by atoms with van der Waals surface area (Å²) in [6.45, 7) is 0. The zero-order valence-corrected chi connectivity index (χ0v) is 11.5. The summed E-state index contributed by atoms with van der Waals surface area (Å²) < 4.78 is 7.18. The van der Waals surface area contributed by atoms with Crippen molar-refractivity contribution in [3.63, 3.8) is 0 Å². The minimum absolute atomic E-state index is 0.525. The molecule has 21 heavy (non-hydrogen) atoms. The fourth-order valence-electron chi connectivity index (χ4n) is 2.13. The van der Waals surface area contributed by atoms with Crippen LogP contribution in [0.4, 0.5) is 5.82 Å². The van der Waals surface area contributed by atoms with Crippen LogP contribution < -0.4 is 10.1 Å². The average molecular weight is 280 g/mol. The van der Waals surface area contributed by atoms with E-state index in [-0.39, 0.29) is 0 Å². The third-order valence-corrected chi connectivity index (χ3v) is 3.13. The van der Waals surface area contributed by atoms with Crippen molar-refractivity contribution in [1.82, 2.24) is 19.6 Å². The molecule has 3 rings (SSSR count). The minimum atomic E-state index is 0.525. The Balaban J connectivity index is 2.26. The van der Waals surface area contributed by atoms with Gasteiger partial charge in [0.05, 0.1) is 24.3 Å². The van der Waals surface area contributed by atoms with Crippen LogP contribution in [0.1, 0.15) is 5.56 Å². The zero-order valence-electron chi connectivity index (χ0n) is 11.5. The van der Waals surface area contributed by atoms with Crippen molar-refractivity contribution in [3.8, 4) is 23.2 Å². The van der Waals surface area contributed by atoms with Gasteiger partial charge in [0, 0.05) is 19.4 Å². The molecule has 0 fully saturated rings. The van der Waals surface area contributed by atoms with Gasteiger partial charge in [0.1, 0.15) is 5.75 Å². The van der Waals surface area contributed by atoms with Gasteiger partial charge in [0.2, 0.25) is 0 Å². The van der Waals surface area contributed by atoms with Gasteiger partial charge in [-0.25, -0.2) is 4.98 Å². The summed E-state index contributed by atoms with van der Waals surface area (Å²) in [5.41, 5.74) is 1.95. The Morgan fingerprint density at radius 2 is 2.19 bits per heavy atom. The normalized spacial score (nSPS) is 10.3. The molecule has 0 aliphatic rings. The quantitative estimate of drug-likeness (QED) is 0.785. The van der Waals surface area contributed by atoms with Crippen molar-refractivity contribution in [3.05, 3.63) is 36.2 Å². The highest BCUT2D eigenvalue weighted by Crippen LogP contribution is 2.30. The van der Waals surface area contributed by atoms with Gasteiger partial charge in [-0.05, 0) is 18.2 Å². The SMILES string of the molecule is CNc1nnc(-c2ccc(C#N)cc2OC)n2ccnc12. The number of methoxy groups -OCH3 is 1. The number of fused-ring (bicyclic) bond motifs is 1. The number of anilines is 1. The second-order valence-electron chi connectivity index (χ2n) is 4.27. The Hall–Kier alpha value is -3.14. The van der Waals surface area contributed by atoms with Gasteiger partial charge in [0.15, 0.2) is 17.3 Å². The highest BCUT2D eigenvalue weighted by molar-refractivity contribution is 5.71. The lowest BCUT2D eigenvalue weighted by Gasteiger charge is -2.10. The van der Waals surface area contributed by atoms with Crippen LogP contribution >= 0.6 is 0 Å². The molecule has 0 saturated carbocycles. The molecule has 7 heteroatoms. The lowest BCUT2D eigenvalue weighted by molar-refractivity contribution is 0.416. The summed E-state index contributed by atoms with van der Waals surface area (Å²) in [5.74, 6) is 1.76. The van der Waals surface area contributed by atoms with E-state index in [9.17, 15) is 0 Å². The van der Waals surface area contributed by atoms with Crippen molar-refractivity contribution < 1.29 is 4.74 Å². The van der Waals surface area contributed by atoms with Gasteiger partial charge in [-0.2, -0.15) is 5.26 Å². The molecule has 0 saturated heterocycles. The van der Waals surface area contributed by atoms with Gasteiger partial charge in [-0.3, -0.25) is 4.40 Å². The van der Waals surface area contributed by atoms with E-state index in [1.165, 1.54) is 0 Å². The van der Waals surface area contributed by atoms with Crippen LogP contribution in [0.3, 0.4) is 0 Å². The third-order valence-electron chi connectivity index (χ3n) is 3.13. The first-order chi connectivity index (χ1) is 10.3. The van der Waals surface area contributed by atoms with Gasteiger partial charge >= 0.3 is 0 Å². The summed E-state index contributed by atoms with van der Waals surface area (Å²) in [5, 5.41) is 20.3. The largest absolute Gasteiger partial charge is 0.496 e. The minimum Gasteiger partial charge on any atom is -0.496 e. The summed E-state index contributed by atoms with van der Waals surface area (Å²) in [4.78, 5) is 4.27. The van der Waals surface area contributed by atoms with Crippen molar-refractivity contribution in [2.75, 3.05) is 19.5 Å². The van der Waals surface area contributed by atoms with Crippen molar-refractivity contribution in [2.45, 2.75) is 0 Å². The Bertz CT molecular complexity index is 848. The maximum Gasteiger partial charge on any atom is 0.192 e. The molecule has 0 radical (unpaired) electrons. The van der Waals surface area contributed by atoms with Gasteiger partial charge < -0.3 is 10.1 Å². The number of ether oxygens (including phenoxy) is 1. The van der Waals surface area contributed by atoms with Crippen LogP contribution in [0, 0.1) is 11.3 Å². The van der Waals surface area contributed by atoms with Gasteiger partial charge in [-0.15, -0.1) is 10.2 Å².